The third kappa shape index (κ3) is 3.79. The second kappa shape index (κ2) is 7.62. The Morgan fingerprint density at radius 1 is 0.926 bits per heavy atom. The van der Waals surface area contributed by atoms with Gasteiger partial charge in [0.05, 0.1) is 31.9 Å². The number of nitrogens with zero attached hydrogens (tertiary/aromatic N) is 5. The molecule has 0 aliphatic carbocycles. The van der Waals surface area contributed by atoms with Gasteiger partial charge < -0.3 is 9.80 Å². The van der Waals surface area contributed by atoms with Crippen LogP contribution in [0.4, 0.5) is 5.69 Å². The topological polar surface area (TPSA) is 43.3 Å². The Kier molecular flexibility index (Phi) is 5.05. The summed E-state index contributed by atoms with van der Waals surface area (Å²) < 4.78 is 4.25. The summed E-state index contributed by atoms with van der Waals surface area (Å²) in [7, 11) is 0. The maximum absolute atomic E-state index is 5.63. The van der Waals surface area contributed by atoms with Crippen molar-refractivity contribution >= 4 is 17.9 Å². The number of benzene rings is 2. The largest absolute Gasteiger partial charge is 0.360 e. The second-order valence-electron chi connectivity index (χ2n) is 7.17. The molecule has 6 nitrogen and oxygen atoms in total. The minimum absolute atomic E-state index is 0.649. The number of hydrogen-bond acceptors (Lipinski definition) is 4. The molecule has 2 heterocycles. The average Bonchev–Trinajstić information content (AvgIpc) is 3.06. The first kappa shape index (κ1) is 17.9. The van der Waals surface area contributed by atoms with E-state index in [1.54, 1.807) is 4.68 Å². The zero-order valence-electron chi connectivity index (χ0n) is 15.8. The minimum Gasteiger partial charge on any atom is -0.360 e. The van der Waals surface area contributed by atoms with E-state index in [-0.39, 0.29) is 0 Å². The molecule has 27 heavy (non-hydrogen) atoms. The third-order valence-electron chi connectivity index (χ3n) is 5.34. The molecule has 4 rings (SSSR count). The lowest BCUT2D eigenvalue weighted by Crippen LogP contribution is -3.14. The summed E-state index contributed by atoms with van der Waals surface area (Å²) in [5.74, 6) is 0. The Bertz CT molecular complexity index is 970. The molecule has 2 aromatic carbocycles. The number of piperazine rings is 1. The fourth-order valence-corrected chi connectivity index (χ4v) is 3.73. The van der Waals surface area contributed by atoms with Crippen LogP contribution in [0.5, 0.6) is 0 Å². The van der Waals surface area contributed by atoms with Crippen molar-refractivity contribution in [2.75, 3.05) is 31.1 Å². The lowest BCUT2D eigenvalue weighted by Gasteiger charge is -2.33. The van der Waals surface area contributed by atoms with E-state index in [1.165, 1.54) is 21.7 Å². The first-order valence-corrected chi connectivity index (χ1v) is 9.76. The van der Waals surface area contributed by atoms with Crippen molar-refractivity contribution in [3.8, 4) is 5.69 Å². The number of nitrogens with one attached hydrogen (secondary N) is 1. The van der Waals surface area contributed by atoms with E-state index in [0.29, 0.717) is 4.77 Å². The molecule has 1 aromatic heterocycles. The lowest BCUT2D eigenvalue weighted by atomic mass is 10.1. The molecule has 0 saturated carbocycles. The van der Waals surface area contributed by atoms with Crippen molar-refractivity contribution in [1.29, 1.82) is 0 Å². The molecule has 7 heteroatoms. The first-order chi connectivity index (χ1) is 13.1. The monoisotopic (exact) mass is 381 g/mol. The molecule has 1 N–H and O–H groups in total. The molecule has 0 amide bonds. The van der Waals surface area contributed by atoms with Gasteiger partial charge >= 0.3 is 0 Å². The number of hydrogen-bond donors (Lipinski definition) is 1. The number of quaternary nitrogens is 1. The number of aryl methyl sites for hydroxylation is 2. The molecular weight excluding hydrogens is 356 g/mol. The number of rotatable bonds is 4. The van der Waals surface area contributed by atoms with Crippen LogP contribution in [0.3, 0.4) is 0 Å². The van der Waals surface area contributed by atoms with E-state index in [2.05, 4.69) is 71.6 Å². The zero-order valence-corrected chi connectivity index (χ0v) is 16.6. The Labute approximate surface area is 164 Å². The van der Waals surface area contributed by atoms with Crippen molar-refractivity contribution in [1.82, 2.24) is 19.8 Å². The van der Waals surface area contributed by atoms with Gasteiger partial charge in [-0.05, 0) is 71.9 Å². The fourth-order valence-electron chi connectivity index (χ4n) is 3.48. The van der Waals surface area contributed by atoms with Crippen molar-refractivity contribution < 1.29 is 4.90 Å². The fraction of sp³-hybridized carbons (Fsp3) is 0.350. The van der Waals surface area contributed by atoms with Crippen LogP contribution in [0.2, 0.25) is 0 Å². The van der Waals surface area contributed by atoms with Crippen LogP contribution < -0.4 is 9.80 Å². The van der Waals surface area contributed by atoms with Crippen LogP contribution in [-0.2, 0) is 6.67 Å². The highest BCUT2D eigenvalue weighted by Gasteiger charge is 2.21. The highest BCUT2D eigenvalue weighted by Crippen LogP contribution is 2.14. The average molecular weight is 382 g/mol. The lowest BCUT2D eigenvalue weighted by molar-refractivity contribution is -0.924. The molecule has 0 radical (unpaired) electrons. The molecule has 0 spiro atoms. The number of para-hydroxylation sites is 1. The summed E-state index contributed by atoms with van der Waals surface area (Å²) in [5, 5.41) is 8.59. The van der Waals surface area contributed by atoms with E-state index in [0.717, 1.165) is 38.5 Å². The third-order valence-corrected chi connectivity index (χ3v) is 5.72. The predicted molar refractivity (Wildman–Crippen MR) is 109 cm³/mol. The molecule has 0 bridgehead atoms. The zero-order chi connectivity index (χ0) is 18.8. The molecule has 1 saturated heterocycles. The Morgan fingerprint density at radius 3 is 2.37 bits per heavy atom. The van der Waals surface area contributed by atoms with Crippen molar-refractivity contribution in [3.05, 3.63) is 64.4 Å². The molecule has 1 aliphatic rings. The predicted octanol–water partition coefficient (Wildman–Crippen LogP) is 1.78. The van der Waals surface area contributed by atoms with E-state index in [1.807, 2.05) is 10.7 Å². The molecule has 3 aromatic rings. The van der Waals surface area contributed by atoms with E-state index in [4.69, 9.17) is 12.2 Å². The van der Waals surface area contributed by atoms with Crippen molar-refractivity contribution in [2.24, 2.45) is 0 Å². The van der Waals surface area contributed by atoms with Gasteiger partial charge in [0.25, 0.3) is 0 Å². The highest BCUT2D eigenvalue weighted by atomic mass is 32.1. The summed E-state index contributed by atoms with van der Waals surface area (Å²) in [6.45, 7) is 9.17. The standard InChI is InChI=1S/C20H24N6S/c1-16-8-9-19(14-17(16)2)26-20(27)25(21-22-26)15-23-10-12-24(13-11-23)18-6-4-3-5-7-18/h3-9,14H,10-13,15H2,1-2H3/p+1. The number of tetrazole rings is 1. The van der Waals surface area contributed by atoms with Gasteiger partial charge in [-0.2, -0.15) is 9.36 Å². The summed E-state index contributed by atoms with van der Waals surface area (Å²) in [5.41, 5.74) is 4.76. The summed E-state index contributed by atoms with van der Waals surface area (Å²) in [6, 6.07) is 16.9. The number of aromatic nitrogens is 4. The van der Waals surface area contributed by atoms with Gasteiger partial charge in [-0.3, -0.25) is 0 Å². The van der Waals surface area contributed by atoms with Gasteiger partial charge in [0.15, 0.2) is 6.67 Å². The summed E-state index contributed by atoms with van der Waals surface area (Å²) >= 11 is 5.63. The van der Waals surface area contributed by atoms with E-state index < -0.39 is 0 Å². The van der Waals surface area contributed by atoms with Crippen LogP contribution in [0.1, 0.15) is 11.1 Å². The molecule has 0 atom stereocenters. The van der Waals surface area contributed by atoms with Gasteiger partial charge in [-0.25, -0.2) is 0 Å². The van der Waals surface area contributed by atoms with Gasteiger partial charge in [0.1, 0.15) is 0 Å². The SMILES string of the molecule is Cc1ccc(-n2nnn(C[NH+]3CCN(c4ccccc4)CC3)c2=S)cc1C. The second-order valence-corrected chi connectivity index (χ2v) is 7.54. The molecule has 1 aliphatic heterocycles. The summed E-state index contributed by atoms with van der Waals surface area (Å²) in [6.07, 6.45) is 0. The highest BCUT2D eigenvalue weighted by molar-refractivity contribution is 7.71. The van der Waals surface area contributed by atoms with Gasteiger partial charge in [-0.1, -0.05) is 24.3 Å². The Balaban J connectivity index is 1.43. The smallest absolute Gasteiger partial charge is 0.225 e. The first-order valence-electron chi connectivity index (χ1n) is 9.36. The van der Waals surface area contributed by atoms with E-state index in [9.17, 15) is 0 Å². The van der Waals surface area contributed by atoms with Gasteiger partial charge in [0, 0.05) is 5.69 Å². The Hall–Kier alpha value is -2.51. The van der Waals surface area contributed by atoms with E-state index >= 15 is 0 Å². The molecule has 0 unspecified atom stereocenters. The quantitative estimate of drug-likeness (QED) is 0.700. The van der Waals surface area contributed by atoms with Crippen LogP contribution in [-0.4, -0.2) is 46.0 Å². The van der Waals surface area contributed by atoms with Gasteiger partial charge in [0.2, 0.25) is 4.77 Å². The summed E-state index contributed by atoms with van der Waals surface area (Å²) in [4.78, 5) is 3.92. The molecular formula is C20H25N6S+. The molecule has 1 fully saturated rings. The maximum Gasteiger partial charge on any atom is 0.225 e. The van der Waals surface area contributed by atoms with Crippen LogP contribution >= 0.6 is 12.2 Å². The van der Waals surface area contributed by atoms with Crippen molar-refractivity contribution in [2.45, 2.75) is 20.5 Å². The molecule has 140 valence electrons. The normalized spacial score (nSPS) is 15.3. The Morgan fingerprint density at radius 2 is 1.67 bits per heavy atom. The van der Waals surface area contributed by atoms with Crippen LogP contribution in [0.25, 0.3) is 5.69 Å². The van der Waals surface area contributed by atoms with Crippen molar-refractivity contribution in [3.63, 3.8) is 0 Å². The van der Waals surface area contributed by atoms with Crippen LogP contribution in [0.15, 0.2) is 48.5 Å². The maximum atomic E-state index is 5.63. The van der Waals surface area contributed by atoms with Gasteiger partial charge in [-0.15, -0.1) is 0 Å². The van der Waals surface area contributed by atoms with Crippen LogP contribution in [0, 0.1) is 18.6 Å². The number of anilines is 1. The minimum atomic E-state index is 0.649.